The van der Waals surface area contributed by atoms with E-state index in [9.17, 15) is 9.59 Å². The number of nitrogens with one attached hydrogen (secondary N) is 2. The summed E-state index contributed by atoms with van der Waals surface area (Å²) in [4.78, 5) is 35.6. The smallest absolute Gasteiger partial charge is 0.407 e. The number of carbonyl (C=O) groups is 2. The van der Waals surface area contributed by atoms with Crippen LogP contribution in [0.1, 0.15) is 40.1 Å². The molecule has 4 aromatic rings. The number of thiazole rings is 2. The number of ether oxygens (including phenoxy) is 1. The number of carbonyl (C=O) groups excluding carboxylic acids is 2. The van der Waals surface area contributed by atoms with Crippen molar-refractivity contribution in [1.82, 2.24) is 20.6 Å². The van der Waals surface area contributed by atoms with Crippen molar-refractivity contribution >= 4 is 34.7 Å². The van der Waals surface area contributed by atoms with Crippen molar-refractivity contribution in [3.05, 3.63) is 105 Å². The number of alkyl carbamates (subject to hydrolysis) is 1. The predicted molar refractivity (Wildman–Crippen MR) is 151 cm³/mol. The lowest BCUT2D eigenvalue weighted by Crippen LogP contribution is -2.41. The highest BCUT2D eigenvalue weighted by molar-refractivity contribution is 7.09. The van der Waals surface area contributed by atoms with Gasteiger partial charge in [0.15, 0.2) is 0 Å². The zero-order valence-corrected chi connectivity index (χ0v) is 22.8. The van der Waals surface area contributed by atoms with Crippen LogP contribution in [0.5, 0.6) is 0 Å². The van der Waals surface area contributed by atoms with Crippen molar-refractivity contribution in [3.8, 4) is 0 Å². The van der Waals surface area contributed by atoms with Gasteiger partial charge < -0.3 is 15.4 Å². The lowest BCUT2D eigenvalue weighted by molar-refractivity contribution is -0.121. The lowest BCUT2D eigenvalue weighted by Gasteiger charge is -2.24. The Hall–Kier alpha value is -3.56. The summed E-state index contributed by atoms with van der Waals surface area (Å²) in [5.41, 5.74) is 5.80. The number of nitrogens with zero attached hydrogens (tertiary/aromatic N) is 2. The number of amides is 2. The molecule has 0 saturated carbocycles. The molecule has 2 atom stereocenters. The predicted octanol–water partition coefficient (Wildman–Crippen LogP) is 5.58. The molecular formula is C29H32N4O3S2. The number of benzene rings is 2. The van der Waals surface area contributed by atoms with Gasteiger partial charge in [-0.05, 0) is 43.2 Å². The van der Waals surface area contributed by atoms with Crippen LogP contribution >= 0.6 is 22.7 Å². The lowest BCUT2D eigenvalue weighted by atomic mass is 9.96. The standard InChI is InChI=1S/C29H32N4O3S2/c34-28(14-13-26-17-30-20-37-26)32-24(15-22-7-3-1-4-8-22)11-12-25(16-23-9-5-2-6-10-23)33-29(35)36-19-27-18-31-21-38-27/h1-10,17-18,20-21,24-25H,11-16,19H2,(H,32,34)(H,33,35). The fourth-order valence-corrected chi connectivity index (χ4v) is 5.32. The van der Waals surface area contributed by atoms with E-state index in [2.05, 4.69) is 44.9 Å². The van der Waals surface area contributed by atoms with Gasteiger partial charge in [-0.1, -0.05) is 60.7 Å². The molecule has 0 aliphatic rings. The first-order valence-corrected chi connectivity index (χ1v) is 14.4. The molecule has 38 heavy (non-hydrogen) atoms. The van der Waals surface area contributed by atoms with Gasteiger partial charge in [0.1, 0.15) is 6.61 Å². The topological polar surface area (TPSA) is 93.2 Å². The maximum Gasteiger partial charge on any atom is 0.407 e. The first-order chi connectivity index (χ1) is 18.6. The van der Waals surface area contributed by atoms with Crippen molar-refractivity contribution in [2.75, 3.05) is 0 Å². The minimum absolute atomic E-state index is 0.0240. The first kappa shape index (κ1) is 27.5. The van der Waals surface area contributed by atoms with E-state index in [0.717, 1.165) is 27.3 Å². The maximum absolute atomic E-state index is 12.8. The van der Waals surface area contributed by atoms with Crippen molar-refractivity contribution in [2.24, 2.45) is 0 Å². The monoisotopic (exact) mass is 548 g/mol. The van der Waals surface area contributed by atoms with E-state index in [-0.39, 0.29) is 24.6 Å². The van der Waals surface area contributed by atoms with Gasteiger partial charge in [-0.15, -0.1) is 22.7 Å². The normalized spacial score (nSPS) is 12.4. The van der Waals surface area contributed by atoms with E-state index in [1.807, 2.05) is 42.6 Å². The van der Waals surface area contributed by atoms with Crippen LogP contribution in [0.15, 0.2) is 84.1 Å². The molecule has 0 bridgehead atoms. The largest absolute Gasteiger partial charge is 0.444 e. The second-order valence-corrected chi connectivity index (χ2v) is 11.0. The highest BCUT2D eigenvalue weighted by Gasteiger charge is 2.19. The molecule has 9 heteroatoms. The Morgan fingerprint density at radius 2 is 1.32 bits per heavy atom. The fraction of sp³-hybridized carbons (Fsp3) is 0.310. The summed E-state index contributed by atoms with van der Waals surface area (Å²) in [6.07, 6.45) is 6.97. The summed E-state index contributed by atoms with van der Waals surface area (Å²) in [6.45, 7) is 0.195. The molecule has 0 spiro atoms. The molecule has 0 radical (unpaired) electrons. The molecule has 2 heterocycles. The third-order valence-electron chi connectivity index (χ3n) is 6.11. The van der Waals surface area contributed by atoms with Crippen LogP contribution in [0, 0.1) is 0 Å². The molecule has 0 aliphatic carbocycles. The van der Waals surface area contributed by atoms with Gasteiger partial charge in [0.05, 0.1) is 15.9 Å². The maximum atomic E-state index is 12.8. The molecule has 2 amide bonds. The van der Waals surface area contributed by atoms with Gasteiger partial charge in [-0.25, -0.2) is 4.79 Å². The summed E-state index contributed by atoms with van der Waals surface area (Å²) in [6, 6.07) is 20.1. The van der Waals surface area contributed by atoms with E-state index in [1.165, 1.54) is 11.3 Å². The van der Waals surface area contributed by atoms with Crippen molar-refractivity contribution < 1.29 is 14.3 Å². The van der Waals surface area contributed by atoms with Crippen LogP contribution in [-0.4, -0.2) is 34.1 Å². The second kappa shape index (κ2) is 15.0. The molecule has 4 rings (SSSR count). The molecule has 2 aromatic heterocycles. The third-order valence-corrected chi connectivity index (χ3v) is 7.70. The number of hydrogen-bond donors (Lipinski definition) is 2. The molecular weight excluding hydrogens is 516 g/mol. The van der Waals surface area contributed by atoms with Crippen molar-refractivity contribution in [3.63, 3.8) is 0 Å². The Bertz CT molecular complexity index is 1120. The average Bonchev–Trinajstić information content (AvgIpc) is 3.65. The van der Waals surface area contributed by atoms with E-state index >= 15 is 0 Å². The minimum atomic E-state index is -0.451. The Morgan fingerprint density at radius 1 is 0.763 bits per heavy atom. The number of aryl methyl sites for hydroxylation is 1. The van der Waals surface area contributed by atoms with Gasteiger partial charge in [0.2, 0.25) is 5.91 Å². The number of aromatic nitrogens is 2. The molecule has 2 aromatic carbocycles. The Kier molecular flexibility index (Phi) is 10.8. The van der Waals surface area contributed by atoms with Gasteiger partial charge >= 0.3 is 6.09 Å². The number of hydrogen-bond acceptors (Lipinski definition) is 7. The minimum Gasteiger partial charge on any atom is -0.444 e. The summed E-state index contributed by atoms with van der Waals surface area (Å²) in [7, 11) is 0. The highest BCUT2D eigenvalue weighted by Crippen LogP contribution is 2.15. The van der Waals surface area contributed by atoms with Gasteiger partial charge in [0.25, 0.3) is 0 Å². The number of rotatable bonds is 14. The van der Waals surface area contributed by atoms with Crippen LogP contribution in [0.25, 0.3) is 0 Å². The molecule has 7 nitrogen and oxygen atoms in total. The summed E-state index contributed by atoms with van der Waals surface area (Å²) >= 11 is 3.02. The molecule has 0 fully saturated rings. The molecule has 2 unspecified atom stereocenters. The van der Waals surface area contributed by atoms with E-state index < -0.39 is 6.09 Å². The van der Waals surface area contributed by atoms with Crippen LogP contribution in [0.2, 0.25) is 0 Å². The average molecular weight is 549 g/mol. The van der Waals surface area contributed by atoms with E-state index in [1.54, 1.807) is 28.6 Å². The van der Waals surface area contributed by atoms with Gasteiger partial charge in [-0.2, -0.15) is 0 Å². The summed E-state index contributed by atoms with van der Waals surface area (Å²) in [5.74, 6) is 0.0240. The Balaban J connectivity index is 1.38. The van der Waals surface area contributed by atoms with E-state index in [4.69, 9.17) is 4.74 Å². The van der Waals surface area contributed by atoms with Crippen LogP contribution < -0.4 is 10.6 Å². The second-order valence-electron chi connectivity index (χ2n) is 9.07. The summed E-state index contributed by atoms with van der Waals surface area (Å²) in [5, 5.41) is 6.29. The van der Waals surface area contributed by atoms with Crippen molar-refractivity contribution in [2.45, 2.75) is 57.2 Å². The zero-order chi connectivity index (χ0) is 26.4. The zero-order valence-electron chi connectivity index (χ0n) is 21.1. The first-order valence-electron chi connectivity index (χ1n) is 12.7. The van der Waals surface area contributed by atoms with Crippen molar-refractivity contribution in [1.29, 1.82) is 0 Å². The third kappa shape index (κ3) is 9.72. The Labute approximate surface area is 231 Å². The quantitative estimate of drug-likeness (QED) is 0.215. The van der Waals surface area contributed by atoms with E-state index in [0.29, 0.717) is 32.1 Å². The Morgan fingerprint density at radius 3 is 1.87 bits per heavy atom. The molecule has 2 N–H and O–H groups in total. The molecule has 198 valence electrons. The van der Waals surface area contributed by atoms with Crippen LogP contribution in [-0.2, 0) is 35.4 Å². The van der Waals surface area contributed by atoms with Gasteiger partial charge in [-0.3, -0.25) is 14.8 Å². The SMILES string of the molecule is O=C(CCc1cncs1)NC(CCC(Cc1ccccc1)NC(=O)OCc1cncs1)Cc1ccccc1. The summed E-state index contributed by atoms with van der Waals surface area (Å²) < 4.78 is 5.44. The highest BCUT2D eigenvalue weighted by atomic mass is 32.1. The fourth-order valence-electron chi connectivity index (χ4n) is 4.21. The molecule has 0 aliphatic heterocycles. The van der Waals surface area contributed by atoms with Gasteiger partial charge in [0, 0.05) is 35.8 Å². The van der Waals surface area contributed by atoms with Crippen LogP contribution in [0.3, 0.4) is 0 Å². The molecule has 0 saturated heterocycles. The van der Waals surface area contributed by atoms with Crippen LogP contribution in [0.4, 0.5) is 4.79 Å².